The highest BCUT2D eigenvalue weighted by Gasteiger charge is 2.24. The largest absolute Gasteiger partial charge is 0.317 e. The van der Waals surface area contributed by atoms with Crippen LogP contribution in [-0.4, -0.2) is 15.6 Å². The minimum absolute atomic E-state index is 0.198. The number of carbonyl (C=O) groups excluding carboxylic acids is 1. The van der Waals surface area contributed by atoms with Crippen LogP contribution in [0.3, 0.4) is 0 Å². The first-order chi connectivity index (χ1) is 12.7. The summed E-state index contributed by atoms with van der Waals surface area (Å²) < 4.78 is 15.0. The summed E-state index contributed by atoms with van der Waals surface area (Å²) in [6.07, 6.45) is 3.78. The van der Waals surface area contributed by atoms with Gasteiger partial charge in [0.25, 0.3) is 5.91 Å². The number of nitrogens with zero attached hydrogens (tertiary/aromatic N) is 2. The number of carbonyl (C=O) groups is 1. The van der Waals surface area contributed by atoms with Crippen molar-refractivity contribution in [2.75, 3.05) is 0 Å². The third-order valence-corrected chi connectivity index (χ3v) is 4.71. The van der Waals surface area contributed by atoms with E-state index in [0.29, 0.717) is 15.8 Å². The van der Waals surface area contributed by atoms with E-state index in [9.17, 15) is 9.18 Å². The summed E-state index contributed by atoms with van der Waals surface area (Å²) in [5.41, 5.74) is 2.51. The van der Waals surface area contributed by atoms with E-state index in [4.69, 9.17) is 0 Å². The minimum Gasteiger partial charge on any atom is -0.317 e. The van der Waals surface area contributed by atoms with Crippen LogP contribution in [0.2, 0.25) is 0 Å². The van der Waals surface area contributed by atoms with Gasteiger partial charge < -0.3 is 9.88 Å². The molecule has 4 rings (SSSR count). The zero-order valence-electron chi connectivity index (χ0n) is 13.6. The molecule has 1 saturated heterocycles. The van der Waals surface area contributed by atoms with Crippen LogP contribution < -0.4 is 5.32 Å². The number of thioether (sulfide) groups is 1. The Bertz CT molecular complexity index is 1010. The van der Waals surface area contributed by atoms with Gasteiger partial charge in [-0.05, 0) is 66.4 Å². The molecular formula is C20H14FN3OS. The number of amidine groups is 1. The number of nitrogens with one attached hydrogen (secondary N) is 1. The van der Waals surface area contributed by atoms with Crippen molar-refractivity contribution < 1.29 is 9.18 Å². The Kier molecular flexibility index (Phi) is 4.41. The van der Waals surface area contributed by atoms with Crippen LogP contribution in [0.4, 0.5) is 10.1 Å². The quantitative estimate of drug-likeness (QED) is 0.696. The van der Waals surface area contributed by atoms with E-state index >= 15 is 0 Å². The second kappa shape index (κ2) is 7.01. The van der Waals surface area contributed by atoms with E-state index in [1.807, 2.05) is 59.3 Å². The molecule has 1 amide bonds. The van der Waals surface area contributed by atoms with Crippen molar-refractivity contribution in [1.82, 2.24) is 9.88 Å². The molecule has 2 aromatic carbocycles. The highest BCUT2D eigenvalue weighted by atomic mass is 32.2. The van der Waals surface area contributed by atoms with Crippen molar-refractivity contribution in [1.29, 1.82) is 0 Å². The average molecular weight is 363 g/mol. The topological polar surface area (TPSA) is 46.4 Å². The van der Waals surface area contributed by atoms with Gasteiger partial charge in [0.15, 0.2) is 5.17 Å². The lowest BCUT2D eigenvalue weighted by Gasteiger charge is -2.06. The first kappa shape index (κ1) is 16.4. The molecule has 4 nitrogen and oxygen atoms in total. The molecule has 0 saturated carbocycles. The fourth-order valence-electron chi connectivity index (χ4n) is 2.58. The van der Waals surface area contributed by atoms with Gasteiger partial charge in [0.05, 0.1) is 10.6 Å². The summed E-state index contributed by atoms with van der Waals surface area (Å²) in [5, 5.41) is 3.22. The maximum absolute atomic E-state index is 13.0. The molecular weight excluding hydrogens is 349 g/mol. The van der Waals surface area contributed by atoms with Crippen molar-refractivity contribution in [2.24, 2.45) is 4.99 Å². The van der Waals surface area contributed by atoms with Crippen LogP contribution in [0.5, 0.6) is 0 Å². The van der Waals surface area contributed by atoms with E-state index < -0.39 is 0 Å². The van der Waals surface area contributed by atoms with Gasteiger partial charge in [0.2, 0.25) is 0 Å². The minimum atomic E-state index is -0.320. The van der Waals surface area contributed by atoms with Gasteiger partial charge >= 0.3 is 0 Å². The number of rotatable bonds is 3. The predicted molar refractivity (Wildman–Crippen MR) is 103 cm³/mol. The summed E-state index contributed by atoms with van der Waals surface area (Å²) in [7, 11) is 0. The molecule has 0 aliphatic carbocycles. The Morgan fingerprint density at radius 3 is 2.54 bits per heavy atom. The van der Waals surface area contributed by atoms with E-state index in [0.717, 1.165) is 11.4 Å². The number of benzene rings is 2. The molecule has 6 heteroatoms. The van der Waals surface area contributed by atoms with Gasteiger partial charge in [-0.3, -0.25) is 4.79 Å². The van der Waals surface area contributed by atoms with Gasteiger partial charge in [0.1, 0.15) is 5.82 Å². The van der Waals surface area contributed by atoms with Crippen LogP contribution in [0.15, 0.2) is 82.8 Å². The standard InChI is InChI=1S/C20H14FN3OS/c21-14-8-10-15(11-9-14)22-20-23-19(25)18(26-20)13-17-7-4-12-24(17)16-5-2-1-3-6-16/h1-13H,(H,22,23,25). The summed E-state index contributed by atoms with van der Waals surface area (Å²) in [6, 6.07) is 19.6. The van der Waals surface area contributed by atoms with E-state index in [2.05, 4.69) is 10.3 Å². The van der Waals surface area contributed by atoms with Crippen LogP contribution in [0.1, 0.15) is 5.69 Å². The molecule has 1 aliphatic heterocycles. The summed E-state index contributed by atoms with van der Waals surface area (Å²) in [4.78, 5) is 17.2. The molecule has 26 heavy (non-hydrogen) atoms. The number of aliphatic imine (C=N–C) groups is 1. The van der Waals surface area contributed by atoms with Gasteiger partial charge in [-0.25, -0.2) is 9.38 Å². The molecule has 3 aromatic rings. The fraction of sp³-hybridized carbons (Fsp3) is 0. The number of aromatic nitrogens is 1. The number of hydrogen-bond donors (Lipinski definition) is 1. The zero-order chi connectivity index (χ0) is 17.9. The maximum atomic E-state index is 13.0. The zero-order valence-corrected chi connectivity index (χ0v) is 14.4. The summed E-state index contributed by atoms with van der Waals surface area (Å²) >= 11 is 1.26. The van der Waals surface area contributed by atoms with Gasteiger partial charge in [-0.2, -0.15) is 0 Å². The van der Waals surface area contributed by atoms with Gasteiger partial charge in [0, 0.05) is 17.6 Å². The molecule has 0 radical (unpaired) electrons. The van der Waals surface area contributed by atoms with Crippen LogP contribution in [0, 0.1) is 5.82 Å². The molecule has 1 aliphatic rings. The van der Waals surface area contributed by atoms with Crippen molar-refractivity contribution in [3.05, 3.63) is 89.3 Å². The van der Waals surface area contributed by atoms with Crippen molar-refractivity contribution in [3.63, 3.8) is 0 Å². The van der Waals surface area contributed by atoms with Crippen LogP contribution >= 0.6 is 11.8 Å². The van der Waals surface area contributed by atoms with Gasteiger partial charge in [-0.15, -0.1) is 0 Å². The van der Waals surface area contributed by atoms with E-state index in [1.54, 1.807) is 12.1 Å². The lowest BCUT2D eigenvalue weighted by molar-refractivity contribution is -0.115. The van der Waals surface area contributed by atoms with E-state index in [-0.39, 0.29) is 11.7 Å². The van der Waals surface area contributed by atoms with E-state index in [1.165, 1.54) is 23.9 Å². The van der Waals surface area contributed by atoms with Crippen LogP contribution in [0.25, 0.3) is 11.8 Å². The van der Waals surface area contributed by atoms with Crippen molar-refractivity contribution in [2.45, 2.75) is 0 Å². The molecule has 1 fully saturated rings. The first-order valence-electron chi connectivity index (χ1n) is 7.97. The molecule has 1 N–H and O–H groups in total. The smallest absolute Gasteiger partial charge is 0.264 e. The lowest BCUT2D eigenvalue weighted by atomic mass is 10.3. The number of para-hydroxylation sites is 1. The normalized spacial score (nSPS) is 17.0. The molecule has 0 unspecified atom stereocenters. The summed E-state index contributed by atoms with van der Waals surface area (Å²) in [5.74, 6) is -0.518. The third-order valence-electron chi connectivity index (χ3n) is 3.80. The maximum Gasteiger partial charge on any atom is 0.264 e. The SMILES string of the molecule is O=C1NC(=Nc2ccc(F)cc2)SC1=Cc1cccn1-c1ccccc1. The highest BCUT2D eigenvalue weighted by molar-refractivity contribution is 8.18. The second-order valence-electron chi connectivity index (χ2n) is 5.60. The van der Waals surface area contributed by atoms with Gasteiger partial charge in [-0.1, -0.05) is 18.2 Å². The molecule has 0 spiro atoms. The molecule has 1 aromatic heterocycles. The average Bonchev–Trinajstić information content (AvgIpc) is 3.25. The molecule has 0 atom stereocenters. The monoisotopic (exact) mass is 363 g/mol. The number of halogens is 1. The van der Waals surface area contributed by atoms with Crippen molar-refractivity contribution >= 4 is 34.6 Å². The Balaban J connectivity index is 1.60. The Morgan fingerprint density at radius 2 is 1.77 bits per heavy atom. The Morgan fingerprint density at radius 1 is 1.00 bits per heavy atom. The highest BCUT2D eigenvalue weighted by Crippen LogP contribution is 2.28. The second-order valence-corrected chi connectivity index (χ2v) is 6.63. The van der Waals surface area contributed by atoms with Crippen LogP contribution in [-0.2, 0) is 4.79 Å². The fourth-order valence-corrected chi connectivity index (χ4v) is 3.41. The number of hydrogen-bond acceptors (Lipinski definition) is 3. The van der Waals surface area contributed by atoms with Crippen molar-refractivity contribution in [3.8, 4) is 5.69 Å². The predicted octanol–water partition coefficient (Wildman–Crippen LogP) is 4.51. The first-order valence-corrected chi connectivity index (χ1v) is 8.79. The number of amides is 1. The molecule has 2 heterocycles. The lowest BCUT2D eigenvalue weighted by Crippen LogP contribution is -2.19. The summed E-state index contributed by atoms with van der Waals surface area (Å²) in [6.45, 7) is 0. The Labute approximate surface area is 154 Å². The molecule has 128 valence electrons. The molecule has 0 bridgehead atoms. The Hall–Kier alpha value is -3.12. The third kappa shape index (κ3) is 3.45.